The van der Waals surface area contributed by atoms with Gasteiger partial charge in [-0.1, -0.05) is 6.92 Å². The van der Waals surface area contributed by atoms with Crippen LogP contribution in [0.2, 0.25) is 0 Å². The maximum Gasteiger partial charge on any atom is 0.353 e. The molecule has 5 nitrogen and oxygen atoms in total. The van der Waals surface area contributed by atoms with Crippen LogP contribution in [-0.4, -0.2) is 23.0 Å². The molecule has 1 saturated heterocycles. The molecule has 0 radical (unpaired) electrons. The fourth-order valence-electron chi connectivity index (χ4n) is 0.932. The number of carbonyl (C=O) groups excluding carboxylic acids is 2. The fraction of sp³-hybridized carbons (Fsp3) is 0.375. The lowest BCUT2D eigenvalue weighted by Crippen LogP contribution is -2.32. The van der Waals surface area contributed by atoms with Crippen LogP contribution >= 0.6 is 0 Å². The minimum absolute atomic E-state index is 0.158. The van der Waals surface area contributed by atoms with Crippen LogP contribution in [0.5, 0.6) is 0 Å². The molecule has 70 valence electrons. The number of aliphatic carboxylic acids is 1. The molecule has 0 spiro atoms. The molecule has 1 atom stereocenters. The Bertz CT molecular complexity index is 286. The highest BCUT2D eigenvalue weighted by molar-refractivity contribution is 6.26. The minimum atomic E-state index is -1.05. The van der Waals surface area contributed by atoms with Crippen LogP contribution in [0.1, 0.15) is 13.3 Å². The number of hydrogen-bond donors (Lipinski definition) is 1. The van der Waals surface area contributed by atoms with Gasteiger partial charge >= 0.3 is 17.9 Å². The van der Waals surface area contributed by atoms with Crippen molar-refractivity contribution >= 4 is 17.9 Å². The monoisotopic (exact) mass is 184 g/mol. The van der Waals surface area contributed by atoms with E-state index in [-0.39, 0.29) is 5.57 Å². The molecule has 1 rings (SSSR count). The van der Waals surface area contributed by atoms with Gasteiger partial charge in [-0.2, -0.15) is 0 Å². The predicted molar refractivity (Wildman–Crippen MR) is 40.6 cm³/mol. The van der Waals surface area contributed by atoms with E-state index in [9.17, 15) is 14.4 Å². The summed E-state index contributed by atoms with van der Waals surface area (Å²) in [5, 5.41) is 8.61. The quantitative estimate of drug-likeness (QED) is 0.291. The van der Waals surface area contributed by atoms with Gasteiger partial charge < -0.3 is 9.84 Å². The van der Waals surface area contributed by atoms with Gasteiger partial charge in [0.05, 0.1) is 5.92 Å². The van der Waals surface area contributed by atoms with Gasteiger partial charge in [-0.25, -0.2) is 9.59 Å². The molecular formula is C8H8O5. The largest absolute Gasteiger partial charge is 0.481 e. The molecule has 0 amide bonds. The molecule has 5 heteroatoms. The molecule has 1 aliphatic heterocycles. The van der Waals surface area contributed by atoms with Crippen molar-refractivity contribution in [2.24, 2.45) is 5.92 Å². The minimum Gasteiger partial charge on any atom is -0.481 e. The summed E-state index contributed by atoms with van der Waals surface area (Å²) in [6, 6.07) is 0. The average molecular weight is 184 g/mol. The molecule has 1 unspecified atom stereocenters. The van der Waals surface area contributed by atoms with E-state index in [0.29, 0.717) is 6.42 Å². The maximum absolute atomic E-state index is 10.6. The van der Waals surface area contributed by atoms with Crippen LogP contribution in [0.4, 0.5) is 0 Å². The lowest BCUT2D eigenvalue weighted by molar-refractivity contribution is -0.165. The van der Waals surface area contributed by atoms with Crippen molar-refractivity contribution in [2.75, 3.05) is 0 Å². The molecule has 1 aliphatic rings. The van der Waals surface area contributed by atoms with Crippen molar-refractivity contribution < 1.29 is 24.2 Å². The first-order chi connectivity index (χ1) is 6.06. The van der Waals surface area contributed by atoms with Gasteiger partial charge in [0.1, 0.15) is 5.57 Å². The Balaban J connectivity index is 2.78. The van der Waals surface area contributed by atoms with E-state index in [2.05, 4.69) is 4.74 Å². The highest BCUT2D eigenvalue weighted by Crippen LogP contribution is 2.17. The Hall–Kier alpha value is -1.65. The first kappa shape index (κ1) is 9.44. The molecule has 13 heavy (non-hydrogen) atoms. The third-order valence-corrected chi connectivity index (χ3v) is 1.75. The molecule has 0 aromatic rings. The summed E-state index contributed by atoms with van der Waals surface area (Å²) in [5.41, 5.74) is -0.158. The van der Waals surface area contributed by atoms with Gasteiger partial charge in [-0.05, 0) is 12.5 Å². The molecule has 0 aliphatic carbocycles. The molecule has 0 aromatic carbocycles. The van der Waals surface area contributed by atoms with Crippen LogP contribution in [0.15, 0.2) is 11.6 Å². The van der Waals surface area contributed by atoms with Crippen LogP contribution in [0.3, 0.4) is 0 Å². The third kappa shape index (κ3) is 1.74. The number of esters is 2. The van der Waals surface area contributed by atoms with E-state index < -0.39 is 23.8 Å². The zero-order chi connectivity index (χ0) is 10.0. The van der Waals surface area contributed by atoms with Gasteiger partial charge in [0.15, 0.2) is 0 Å². The Kier molecular flexibility index (Phi) is 2.46. The summed E-state index contributed by atoms with van der Waals surface area (Å²) in [6.07, 6.45) is 1.47. The molecule has 1 N–H and O–H groups in total. The summed E-state index contributed by atoms with van der Waals surface area (Å²) < 4.78 is 4.04. The third-order valence-electron chi connectivity index (χ3n) is 1.75. The number of hydrogen-bond acceptors (Lipinski definition) is 4. The number of ether oxygens (including phenoxy) is 1. The summed E-state index contributed by atoms with van der Waals surface area (Å²) in [6.45, 7) is 1.66. The zero-order valence-electron chi connectivity index (χ0n) is 6.94. The maximum atomic E-state index is 10.6. The summed E-state index contributed by atoms with van der Waals surface area (Å²) in [5.74, 6) is -3.34. The number of rotatable bonds is 3. The second-order valence-corrected chi connectivity index (χ2v) is 2.61. The average Bonchev–Trinajstić information content (AvgIpc) is 2.05. The summed E-state index contributed by atoms with van der Waals surface area (Å²) >= 11 is 0. The van der Waals surface area contributed by atoms with E-state index in [1.165, 1.54) is 0 Å². The molecule has 0 aromatic heterocycles. The highest BCUT2D eigenvalue weighted by atomic mass is 16.6. The number of cyclic esters (lactones) is 2. The van der Waals surface area contributed by atoms with E-state index in [1.54, 1.807) is 6.92 Å². The number of carboxylic acid groups (broad SMARTS) is 1. The van der Waals surface area contributed by atoms with Gasteiger partial charge in [0.25, 0.3) is 0 Å². The molecule has 1 fully saturated rings. The van der Waals surface area contributed by atoms with Gasteiger partial charge in [0.2, 0.25) is 0 Å². The van der Waals surface area contributed by atoms with Crippen LogP contribution in [0, 0.1) is 5.92 Å². The van der Waals surface area contributed by atoms with Crippen molar-refractivity contribution in [3.63, 3.8) is 0 Å². The Morgan fingerprint density at radius 1 is 1.54 bits per heavy atom. The normalized spacial score (nSPS) is 17.5. The van der Waals surface area contributed by atoms with E-state index >= 15 is 0 Å². The summed E-state index contributed by atoms with van der Waals surface area (Å²) in [4.78, 5) is 31.7. The van der Waals surface area contributed by atoms with Crippen molar-refractivity contribution in [1.82, 2.24) is 0 Å². The molecule has 1 heterocycles. The SMILES string of the molecule is CCC(C=C1C(=O)OC1=O)C(=O)O. The lowest BCUT2D eigenvalue weighted by atomic mass is 10.0. The van der Waals surface area contributed by atoms with E-state index in [0.717, 1.165) is 6.08 Å². The van der Waals surface area contributed by atoms with Gasteiger partial charge in [0, 0.05) is 0 Å². The van der Waals surface area contributed by atoms with Crippen LogP contribution in [-0.2, 0) is 19.1 Å². The highest BCUT2D eigenvalue weighted by Gasteiger charge is 2.35. The van der Waals surface area contributed by atoms with Crippen LogP contribution in [0.25, 0.3) is 0 Å². The fourth-order valence-corrected chi connectivity index (χ4v) is 0.932. The van der Waals surface area contributed by atoms with Crippen LogP contribution < -0.4 is 0 Å². The van der Waals surface area contributed by atoms with Crippen molar-refractivity contribution in [3.05, 3.63) is 11.6 Å². The zero-order valence-corrected chi connectivity index (χ0v) is 6.94. The second-order valence-electron chi connectivity index (χ2n) is 2.61. The van der Waals surface area contributed by atoms with E-state index in [4.69, 9.17) is 5.11 Å². The Labute approximate surface area is 74.0 Å². The van der Waals surface area contributed by atoms with Gasteiger partial charge in [-0.3, -0.25) is 4.79 Å². The topological polar surface area (TPSA) is 80.7 Å². The molecular weight excluding hydrogens is 176 g/mol. The Morgan fingerprint density at radius 3 is 2.38 bits per heavy atom. The first-order valence-electron chi connectivity index (χ1n) is 3.77. The standard InChI is InChI=1S/C8H8O5/c1-2-4(6(9)10)3-5-7(11)13-8(5)12/h3-4H,2H2,1H3,(H,9,10). The van der Waals surface area contributed by atoms with Crippen molar-refractivity contribution in [1.29, 1.82) is 0 Å². The molecule has 0 bridgehead atoms. The van der Waals surface area contributed by atoms with Crippen molar-refractivity contribution in [2.45, 2.75) is 13.3 Å². The summed E-state index contributed by atoms with van der Waals surface area (Å²) in [7, 11) is 0. The second kappa shape index (κ2) is 3.38. The molecule has 0 saturated carbocycles. The number of carbonyl (C=O) groups is 3. The predicted octanol–water partition coefficient (Wildman–Crippen LogP) is 0.107. The first-order valence-corrected chi connectivity index (χ1v) is 3.77. The van der Waals surface area contributed by atoms with E-state index in [1.807, 2.05) is 0 Å². The Morgan fingerprint density at radius 2 is 2.08 bits per heavy atom. The van der Waals surface area contributed by atoms with Gasteiger partial charge in [-0.15, -0.1) is 0 Å². The number of carboxylic acids is 1. The lowest BCUT2D eigenvalue weighted by Gasteiger charge is -2.14. The smallest absolute Gasteiger partial charge is 0.353 e. The van der Waals surface area contributed by atoms with Crippen molar-refractivity contribution in [3.8, 4) is 0 Å².